The molecule has 8 heteroatoms. The fourth-order valence-electron chi connectivity index (χ4n) is 1.83. The lowest BCUT2D eigenvalue weighted by atomic mass is 10.2. The molecule has 1 fully saturated rings. The second kappa shape index (κ2) is 5.50. The quantitative estimate of drug-likeness (QED) is 0.741. The van der Waals surface area contributed by atoms with Crippen molar-refractivity contribution < 1.29 is 8.42 Å². The average Bonchev–Trinajstić information content (AvgIpc) is 3.25. The van der Waals surface area contributed by atoms with E-state index < -0.39 is 10.0 Å². The predicted octanol–water partition coefficient (Wildman–Crippen LogP) is 1.77. The van der Waals surface area contributed by atoms with E-state index in [2.05, 4.69) is 14.7 Å². The van der Waals surface area contributed by atoms with Gasteiger partial charge in [-0.15, -0.1) is 0 Å². The van der Waals surface area contributed by atoms with Crippen LogP contribution in [0.25, 0.3) is 11.3 Å². The van der Waals surface area contributed by atoms with Crippen LogP contribution in [0.15, 0.2) is 35.4 Å². The second-order valence-corrected chi connectivity index (χ2v) is 7.59. The number of halogens is 1. The summed E-state index contributed by atoms with van der Waals surface area (Å²) in [6.07, 6.45) is 3.35. The molecule has 0 saturated heterocycles. The van der Waals surface area contributed by atoms with Gasteiger partial charge in [0.25, 0.3) is 0 Å². The van der Waals surface area contributed by atoms with E-state index in [1.807, 2.05) is 22.6 Å². The number of hydrogen-bond acceptors (Lipinski definition) is 5. The van der Waals surface area contributed by atoms with Crippen molar-refractivity contribution in [3.05, 3.63) is 34.2 Å². The molecule has 0 amide bonds. The van der Waals surface area contributed by atoms with Crippen molar-refractivity contribution >= 4 is 38.4 Å². The zero-order valence-corrected chi connectivity index (χ0v) is 13.9. The number of sulfonamides is 1. The van der Waals surface area contributed by atoms with Crippen molar-refractivity contribution in [2.24, 2.45) is 0 Å². The average molecular weight is 416 g/mol. The Hall–Kier alpha value is -1.26. The van der Waals surface area contributed by atoms with Crippen LogP contribution in [0.5, 0.6) is 0 Å². The van der Waals surface area contributed by atoms with E-state index in [0.717, 1.165) is 12.8 Å². The maximum atomic E-state index is 12.2. The first kappa shape index (κ1) is 14.7. The second-order valence-electron chi connectivity index (χ2n) is 4.85. The minimum absolute atomic E-state index is 0.0796. The lowest BCUT2D eigenvalue weighted by molar-refractivity contribution is 0.581. The number of benzene rings is 1. The van der Waals surface area contributed by atoms with Gasteiger partial charge in [-0.2, -0.15) is 0 Å². The van der Waals surface area contributed by atoms with Gasteiger partial charge in [0.2, 0.25) is 10.0 Å². The molecule has 2 aromatic rings. The van der Waals surface area contributed by atoms with Gasteiger partial charge in [-0.25, -0.2) is 23.1 Å². The Bertz CT molecular complexity index is 791. The molecule has 0 unspecified atom stereocenters. The van der Waals surface area contributed by atoms with Crippen LogP contribution in [-0.2, 0) is 10.0 Å². The topological polar surface area (TPSA) is 98.0 Å². The molecule has 1 aliphatic rings. The Morgan fingerprint density at radius 1 is 1.33 bits per heavy atom. The molecule has 1 aromatic carbocycles. The first-order valence-corrected chi connectivity index (χ1v) is 8.93. The van der Waals surface area contributed by atoms with E-state index in [0.29, 0.717) is 20.8 Å². The molecule has 21 heavy (non-hydrogen) atoms. The fraction of sp³-hybridized carbons (Fsp3) is 0.231. The molecule has 0 radical (unpaired) electrons. The highest BCUT2D eigenvalue weighted by Crippen LogP contribution is 2.25. The Balaban J connectivity index is 1.97. The van der Waals surface area contributed by atoms with E-state index in [9.17, 15) is 8.42 Å². The largest absolute Gasteiger partial charge is 0.382 e. The number of anilines is 1. The SMILES string of the molecule is Nc1ncc(-c2cccc(S(=O)(=O)NC3CC3)c2)nc1I. The van der Waals surface area contributed by atoms with Crippen LogP contribution >= 0.6 is 22.6 Å². The van der Waals surface area contributed by atoms with Gasteiger partial charge in [-0.3, -0.25) is 0 Å². The number of hydrogen-bond donors (Lipinski definition) is 2. The van der Waals surface area contributed by atoms with Crippen LogP contribution in [0, 0.1) is 3.70 Å². The summed E-state index contributed by atoms with van der Waals surface area (Å²) >= 11 is 2.00. The van der Waals surface area contributed by atoms with Crippen molar-refractivity contribution in [1.29, 1.82) is 0 Å². The summed E-state index contributed by atoms with van der Waals surface area (Å²) in [5.41, 5.74) is 6.93. The van der Waals surface area contributed by atoms with Gasteiger partial charge < -0.3 is 5.73 Å². The molecular formula is C13H13IN4O2S. The zero-order valence-electron chi connectivity index (χ0n) is 11.0. The lowest BCUT2D eigenvalue weighted by Gasteiger charge is -2.08. The van der Waals surface area contributed by atoms with Crippen molar-refractivity contribution in [3.63, 3.8) is 0 Å². The van der Waals surface area contributed by atoms with Crippen LogP contribution in [0.1, 0.15) is 12.8 Å². The van der Waals surface area contributed by atoms with Crippen molar-refractivity contribution in [2.45, 2.75) is 23.8 Å². The number of rotatable bonds is 4. The summed E-state index contributed by atoms with van der Waals surface area (Å²) in [4.78, 5) is 8.61. The van der Waals surface area contributed by atoms with Crippen molar-refractivity contribution in [3.8, 4) is 11.3 Å². The minimum Gasteiger partial charge on any atom is -0.382 e. The predicted molar refractivity (Wildman–Crippen MR) is 87.9 cm³/mol. The zero-order chi connectivity index (χ0) is 15.0. The molecule has 0 aliphatic heterocycles. The van der Waals surface area contributed by atoms with Gasteiger partial charge in [0.1, 0.15) is 3.70 Å². The number of nitrogens with one attached hydrogen (secondary N) is 1. The number of aromatic nitrogens is 2. The summed E-state index contributed by atoms with van der Waals surface area (Å²) < 4.78 is 27.7. The molecule has 0 atom stereocenters. The molecule has 1 aromatic heterocycles. The molecule has 3 rings (SSSR count). The highest BCUT2D eigenvalue weighted by molar-refractivity contribution is 14.1. The van der Waals surface area contributed by atoms with Crippen molar-refractivity contribution in [2.75, 3.05) is 5.73 Å². The smallest absolute Gasteiger partial charge is 0.240 e. The van der Waals surface area contributed by atoms with E-state index in [1.165, 1.54) is 6.20 Å². The van der Waals surface area contributed by atoms with Gasteiger partial charge in [0, 0.05) is 11.6 Å². The summed E-state index contributed by atoms with van der Waals surface area (Å²) in [5, 5.41) is 0. The molecule has 1 aliphatic carbocycles. The highest BCUT2D eigenvalue weighted by atomic mass is 127. The minimum atomic E-state index is -3.47. The Labute approximate surface area is 136 Å². The fourth-order valence-corrected chi connectivity index (χ4v) is 3.58. The maximum absolute atomic E-state index is 12.2. The summed E-state index contributed by atoms with van der Waals surface area (Å²) in [6, 6.07) is 6.75. The summed E-state index contributed by atoms with van der Waals surface area (Å²) in [5.74, 6) is 0.360. The normalized spacial score (nSPS) is 15.1. The van der Waals surface area contributed by atoms with Gasteiger partial charge in [0.15, 0.2) is 5.82 Å². The third kappa shape index (κ3) is 3.33. The van der Waals surface area contributed by atoms with Crippen LogP contribution in [-0.4, -0.2) is 24.4 Å². The number of nitrogens with two attached hydrogens (primary N) is 1. The molecular weight excluding hydrogens is 403 g/mol. The van der Waals surface area contributed by atoms with Gasteiger partial charge in [-0.1, -0.05) is 12.1 Å². The standard InChI is InChI=1S/C13H13IN4O2S/c14-12-13(15)16-7-11(17-12)8-2-1-3-10(6-8)21(19,20)18-9-4-5-9/h1-3,6-7,9,18H,4-5H2,(H2,15,16). The van der Waals surface area contributed by atoms with Crippen LogP contribution in [0.3, 0.4) is 0 Å². The molecule has 0 spiro atoms. The molecule has 110 valence electrons. The number of nitrogens with zero attached hydrogens (tertiary/aromatic N) is 2. The highest BCUT2D eigenvalue weighted by Gasteiger charge is 2.28. The molecule has 3 N–H and O–H groups in total. The first-order valence-electron chi connectivity index (χ1n) is 6.36. The van der Waals surface area contributed by atoms with Crippen LogP contribution in [0.4, 0.5) is 5.82 Å². The van der Waals surface area contributed by atoms with E-state index in [1.54, 1.807) is 24.3 Å². The van der Waals surface area contributed by atoms with E-state index in [4.69, 9.17) is 5.73 Å². The summed E-state index contributed by atoms with van der Waals surface area (Å²) in [6.45, 7) is 0. The van der Waals surface area contributed by atoms with Crippen molar-refractivity contribution in [1.82, 2.24) is 14.7 Å². The number of nitrogen functional groups attached to an aromatic ring is 1. The van der Waals surface area contributed by atoms with Gasteiger partial charge in [0.05, 0.1) is 16.8 Å². The Morgan fingerprint density at radius 2 is 2.10 bits per heavy atom. The molecule has 6 nitrogen and oxygen atoms in total. The monoisotopic (exact) mass is 416 g/mol. The lowest BCUT2D eigenvalue weighted by Crippen LogP contribution is -2.25. The van der Waals surface area contributed by atoms with Gasteiger partial charge >= 0.3 is 0 Å². The molecule has 0 bridgehead atoms. The van der Waals surface area contributed by atoms with Gasteiger partial charge in [-0.05, 0) is 47.6 Å². The molecule has 1 saturated carbocycles. The third-order valence-corrected chi connectivity index (χ3v) is 5.41. The van der Waals surface area contributed by atoms with E-state index >= 15 is 0 Å². The van der Waals surface area contributed by atoms with E-state index in [-0.39, 0.29) is 10.9 Å². The Kier molecular flexibility index (Phi) is 3.84. The summed E-state index contributed by atoms with van der Waals surface area (Å²) in [7, 11) is -3.47. The Morgan fingerprint density at radius 3 is 2.76 bits per heavy atom. The van der Waals surface area contributed by atoms with Crippen LogP contribution in [0.2, 0.25) is 0 Å². The maximum Gasteiger partial charge on any atom is 0.240 e. The molecule has 1 heterocycles. The van der Waals surface area contributed by atoms with Crippen LogP contribution < -0.4 is 10.5 Å². The third-order valence-electron chi connectivity index (χ3n) is 3.10. The first-order chi connectivity index (χ1) is 9.95.